The van der Waals surface area contributed by atoms with Crippen LogP contribution in [0.1, 0.15) is 22.3 Å². The van der Waals surface area contributed by atoms with Gasteiger partial charge in [-0.25, -0.2) is 0 Å². The Labute approximate surface area is 308 Å². The van der Waals surface area contributed by atoms with Gasteiger partial charge in [0.25, 0.3) is 0 Å². The molecule has 0 N–H and O–H groups in total. The average molecular weight is 675 g/mol. The molecule has 248 valence electrons. The highest BCUT2D eigenvalue weighted by Crippen LogP contribution is 2.55. The maximum atomic E-state index is 2.55. The van der Waals surface area contributed by atoms with Crippen LogP contribution in [-0.4, -0.2) is 9.13 Å². The summed E-state index contributed by atoms with van der Waals surface area (Å²) in [5.41, 5.74) is 15.3. The van der Waals surface area contributed by atoms with Crippen LogP contribution >= 0.6 is 0 Å². The minimum Gasteiger partial charge on any atom is -0.295 e. The Kier molecular flexibility index (Phi) is 6.50. The lowest BCUT2D eigenvalue weighted by molar-refractivity contribution is 0.726. The molecular weight excluding hydrogens is 641 g/mol. The molecule has 0 atom stereocenters. The Morgan fingerprint density at radius 2 is 0.830 bits per heavy atom. The monoisotopic (exact) mass is 674 g/mol. The summed E-state index contributed by atoms with van der Waals surface area (Å²) in [7, 11) is 0. The van der Waals surface area contributed by atoms with Gasteiger partial charge in [0.05, 0.1) is 22.1 Å². The second-order valence-electron chi connectivity index (χ2n) is 14.1. The molecule has 10 aromatic rings. The predicted octanol–water partition coefficient (Wildman–Crippen LogP) is 12.8. The summed E-state index contributed by atoms with van der Waals surface area (Å²) in [6.07, 6.45) is 0. The third-order valence-corrected chi connectivity index (χ3v) is 11.4. The molecule has 3 heterocycles. The second-order valence-corrected chi connectivity index (χ2v) is 14.1. The van der Waals surface area contributed by atoms with Gasteiger partial charge in [0.2, 0.25) is 0 Å². The van der Waals surface area contributed by atoms with E-state index in [4.69, 9.17) is 0 Å². The summed E-state index contributed by atoms with van der Waals surface area (Å²) in [5, 5.41) is 3.81. The molecule has 2 nitrogen and oxygen atoms in total. The molecule has 2 heteroatoms. The van der Waals surface area contributed by atoms with E-state index in [0.29, 0.717) is 0 Å². The molecule has 0 bridgehead atoms. The quantitative estimate of drug-likeness (QED) is 0.172. The minimum atomic E-state index is -0.584. The normalized spacial score (nSPS) is 13.1. The van der Waals surface area contributed by atoms with E-state index in [1.165, 1.54) is 83.0 Å². The molecule has 53 heavy (non-hydrogen) atoms. The lowest BCUT2D eigenvalue weighted by Crippen LogP contribution is -2.35. The van der Waals surface area contributed by atoms with Crippen molar-refractivity contribution in [3.63, 3.8) is 0 Å². The van der Waals surface area contributed by atoms with Gasteiger partial charge in [-0.1, -0.05) is 182 Å². The Hall–Kier alpha value is -6.90. The summed E-state index contributed by atoms with van der Waals surface area (Å²) in [4.78, 5) is 0. The number of para-hydroxylation sites is 4. The van der Waals surface area contributed by atoms with Gasteiger partial charge < -0.3 is 0 Å². The Bertz CT molecular complexity index is 2870. The zero-order valence-electron chi connectivity index (χ0n) is 29.0. The van der Waals surface area contributed by atoms with E-state index in [2.05, 4.69) is 215 Å². The van der Waals surface area contributed by atoms with Crippen LogP contribution in [-0.2, 0) is 5.41 Å². The summed E-state index contributed by atoms with van der Waals surface area (Å²) in [6, 6.07) is 75.8. The molecule has 1 aliphatic heterocycles. The number of aromatic nitrogens is 2. The molecule has 8 aromatic carbocycles. The molecule has 1 aliphatic rings. The highest BCUT2D eigenvalue weighted by molar-refractivity contribution is 6.23. The van der Waals surface area contributed by atoms with Crippen molar-refractivity contribution >= 4 is 32.8 Å². The highest BCUT2D eigenvalue weighted by Gasteiger charge is 2.45. The third kappa shape index (κ3) is 4.21. The smallest absolute Gasteiger partial charge is 0.131 e. The summed E-state index contributed by atoms with van der Waals surface area (Å²) in [5.74, 6) is 0. The van der Waals surface area contributed by atoms with Crippen molar-refractivity contribution in [3.05, 3.63) is 229 Å². The van der Waals surface area contributed by atoms with Gasteiger partial charge in [-0.3, -0.25) is 9.13 Å². The van der Waals surface area contributed by atoms with Crippen LogP contribution in [0.25, 0.3) is 66.5 Å². The minimum absolute atomic E-state index is 0.584. The first-order valence-electron chi connectivity index (χ1n) is 18.4. The fourth-order valence-corrected chi connectivity index (χ4v) is 9.18. The summed E-state index contributed by atoms with van der Waals surface area (Å²) < 4.78 is 5.01. The number of nitrogens with zero attached hydrogens (tertiary/aromatic N) is 2. The lowest BCUT2D eigenvalue weighted by atomic mass is 9.63. The van der Waals surface area contributed by atoms with E-state index in [9.17, 15) is 0 Å². The van der Waals surface area contributed by atoms with Gasteiger partial charge in [0, 0.05) is 21.8 Å². The fourth-order valence-electron chi connectivity index (χ4n) is 9.18. The molecule has 11 rings (SSSR count). The summed E-state index contributed by atoms with van der Waals surface area (Å²) in [6.45, 7) is 0. The number of benzene rings is 8. The molecule has 0 fully saturated rings. The standard InChI is InChI=1S/C51H34N2/c1-4-15-35(16-5-1)37-27-31-39(32-28-37)51(40-33-29-38(30-34-40)36-17-6-2-7-18-36)44-23-11-13-26-47(44)53-49-43(22-14-24-45(49)51)48-42-21-10-12-25-46(42)52(50(48)53)41-19-8-3-9-20-41/h1-34H. The van der Waals surface area contributed by atoms with Crippen LogP contribution in [0.5, 0.6) is 0 Å². The van der Waals surface area contributed by atoms with Gasteiger partial charge in [-0.15, -0.1) is 0 Å². The van der Waals surface area contributed by atoms with E-state index in [0.717, 1.165) is 5.69 Å². The van der Waals surface area contributed by atoms with Crippen LogP contribution in [0.3, 0.4) is 0 Å². The molecule has 2 aromatic heterocycles. The van der Waals surface area contributed by atoms with Crippen molar-refractivity contribution in [1.29, 1.82) is 0 Å². The highest BCUT2D eigenvalue weighted by atomic mass is 15.1. The van der Waals surface area contributed by atoms with Crippen molar-refractivity contribution < 1.29 is 0 Å². The Morgan fingerprint density at radius 3 is 1.47 bits per heavy atom. The van der Waals surface area contributed by atoms with E-state index in [1.807, 2.05) is 0 Å². The van der Waals surface area contributed by atoms with Crippen LogP contribution in [0.4, 0.5) is 0 Å². The molecular formula is C51H34N2. The molecule has 0 saturated heterocycles. The first-order chi connectivity index (χ1) is 26.3. The molecule has 0 saturated carbocycles. The Morgan fingerprint density at radius 1 is 0.340 bits per heavy atom. The topological polar surface area (TPSA) is 9.86 Å². The lowest BCUT2D eigenvalue weighted by Gasteiger charge is -2.42. The number of hydrogen-bond donors (Lipinski definition) is 0. The van der Waals surface area contributed by atoms with Gasteiger partial charge in [-0.05, 0) is 68.8 Å². The van der Waals surface area contributed by atoms with Crippen LogP contribution in [0.2, 0.25) is 0 Å². The van der Waals surface area contributed by atoms with Crippen LogP contribution < -0.4 is 0 Å². The largest absolute Gasteiger partial charge is 0.295 e. The molecule has 0 unspecified atom stereocenters. The van der Waals surface area contributed by atoms with Crippen molar-refractivity contribution in [3.8, 4) is 33.6 Å². The number of hydrogen-bond acceptors (Lipinski definition) is 0. The van der Waals surface area contributed by atoms with Crippen LogP contribution in [0.15, 0.2) is 206 Å². The average Bonchev–Trinajstić information content (AvgIpc) is 3.76. The first-order valence-corrected chi connectivity index (χ1v) is 18.4. The zero-order chi connectivity index (χ0) is 34.9. The zero-order valence-corrected chi connectivity index (χ0v) is 29.0. The maximum absolute atomic E-state index is 2.55. The van der Waals surface area contributed by atoms with Gasteiger partial charge in [0.1, 0.15) is 5.65 Å². The summed E-state index contributed by atoms with van der Waals surface area (Å²) >= 11 is 0. The van der Waals surface area contributed by atoms with Crippen molar-refractivity contribution in [1.82, 2.24) is 9.13 Å². The fraction of sp³-hybridized carbons (Fsp3) is 0.0196. The van der Waals surface area contributed by atoms with E-state index < -0.39 is 5.41 Å². The maximum Gasteiger partial charge on any atom is 0.131 e. The SMILES string of the molecule is c1ccc(-c2ccc(C3(c4ccc(-c5ccccc5)cc4)c4ccccc4-n4c5c3cccc5c3c5ccccc5n(-c5ccccc5)c34)cc2)cc1. The van der Waals surface area contributed by atoms with E-state index in [1.54, 1.807) is 0 Å². The Balaban J connectivity index is 1.28. The van der Waals surface area contributed by atoms with E-state index >= 15 is 0 Å². The van der Waals surface area contributed by atoms with E-state index in [-0.39, 0.29) is 0 Å². The van der Waals surface area contributed by atoms with Crippen molar-refractivity contribution in [2.75, 3.05) is 0 Å². The number of rotatable bonds is 5. The van der Waals surface area contributed by atoms with Crippen LogP contribution in [0, 0.1) is 0 Å². The molecule has 0 spiro atoms. The second kappa shape index (κ2) is 11.6. The van der Waals surface area contributed by atoms with Gasteiger partial charge >= 0.3 is 0 Å². The number of fused-ring (bicyclic) bond motifs is 7. The van der Waals surface area contributed by atoms with Gasteiger partial charge in [-0.2, -0.15) is 0 Å². The molecule has 0 amide bonds. The third-order valence-electron chi connectivity index (χ3n) is 11.4. The van der Waals surface area contributed by atoms with Gasteiger partial charge in [0.15, 0.2) is 0 Å². The van der Waals surface area contributed by atoms with Crippen molar-refractivity contribution in [2.45, 2.75) is 5.41 Å². The van der Waals surface area contributed by atoms with Crippen molar-refractivity contribution in [2.24, 2.45) is 0 Å². The predicted molar refractivity (Wildman–Crippen MR) is 220 cm³/mol. The molecule has 0 radical (unpaired) electrons. The molecule has 0 aliphatic carbocycles. The first kappa shape index (κ1) is 29.8.